The molecule has 0 aliphatic heterocycles. The van der Waals surface area contributed by atoms with Crippen molar-refractivity contribution in [3.63, 3.8) is 0 Å². The molecule has 2 aromatic rings. The van der Waals surface area contributed by atoms with Gasteiger partial charge in [0, 0.05) is 26.3 Å². The number of carbonyl (C=O) groups is 1. The largest absolute Gasteiger partial charge is 0.497 e. The van der Waals surface area contributed by atoms with Gasteiger partial charge in [-0.25, -0.2) is 0 Å². The zero-order valence-electron chi connectivity index (χ0n) is 13.6. The number of nitrogens with zero attached hydrogens (tertiary/aromatic N) is 2. The lowest BCUT2D eigenvalue weighted by Gasteiger charge is -2.14. The maximum Gasteiger partial charge on any atom is 0.274 e. The van der Waals surface area contributed by atoms with E-state index in [0.29, 0.717) is 40.9 Å². The third-order valence-corrected chi connectivity index (χ3v) is 3.67. The number of ether oxygens (including phenoxy) is 2. The van der Waals surface area contributed by atoms with E-state index < -0.39 is 0 Å². The summed E-state index contributed by atoms with van der Waals surface area (Å²) in [6, 6.07) is 6.76. The Labute approximate surface area is 145 Å². The molecule has 0 atom stereocenters. The molecule has 0 unspecified atom stereocenters. The predicted molar refractivity (Wildman–Crippen MR) is 89.6 cm³/mol. The number of rotatable bonds is 8. The molecular weight excluding hydrogens is 334 g/mol. The number of aliphatic hydroxyl groups is 1. The Kier molecular flexibility index (Phi) is 6.45. The zero-order valence-corrected chi connectivity index (χ0v) is 14.3. The van der Waals surface area contributed by atoms with Crippen LogP contribution in [0.4, 0.5) is 0 Å². The van der Waals surface area contributed by atoms with Crippen molar-refractivity contribution < 1.29 is 19.4 Å². The predicted octanol–water partition coefficient (Wildman–Crippen LogP) is 2.11. The van der Waals surface area contributed by atoms with Gasteiger partial charge in [0.1, 0.15) is 18.1 Å². The lowest BCUT2D eigenvalue weighted by Crippen LogP contribution is -2.28. The van der Waals surface area contributed by atoms with E-state index in [4.69, 9.17) is 26.2 Å². The van der Waals surface area contributed by atoms with E-state index in [1.165, 1.54) is 4.90 Å². The lowest BCUT2D eigenvalue weighted by atomic mass is 10.3. The van der Waals surface area contributed by atoms with Crippen LogP contribution < -0.4 is 9.47 Å². The smallest absolute Gasteiger partial charge is 0.274 e. The van der Waals surface area contributed by atoms with Crippen LogP contribution in [-0.4, -0.2) is 53.4 Å². The third-order valence-electron chi connectivity index (χ3n) is 3.37. The second kappa shape index (κ2) is 8.56. The molecule has 8 heteroatoms. The average Bonchev–Trinajstić information content (AvgIpc) is 3.06. The fourth-order valence-corrected chi connectivity index (χ4v) is 2.26. The summed E-state index contributed by atoms with van der Waals surface area (Å²) in [5, 5.41) is 16.0. The molecule has 0 radical (unpaired) electrons. The van der Waals surface area contributed by atoms with Crippen molar-refractivity contribution in [2.45, 2.75) is 13.0 Å². The number of hydrogen-bond donors (Lipinski definition) is 2. The van der Waals surface area contributed by atoms with Gasteiger partial charge in [-0.15, -0.1) is 0 Å². The van der Waals surface area contributed by atoms with E-state index in [-0.39, 0.29) is 19.1 Å². The first-order valence-electron chi connectivity index (χ1n) is 7.42. The van der Waals surface area contributed by atoms with Crippen LogP contribution in [0.3, 0.4) is 0 Å². The molecule has 0 saturated heterocycles. The molecule has 1 heterocycles. The van der Waals surface area contributed by atoms with Crippen LogP contribution in [0.5, 0.6) is 11.5 Å². The third kappa shape index (κ3) is 4.62. The number of methoxy groups -OCH3 is 1. The normalized spacial score (nSPS) is 10.5. The fourth-order valence-electron chi connectivity index (χ4n) is 2.03. The van der Waals surface area contributed by atoms with Crippen LogP contribution in [0.15, 0.2) is 24.3 Å². The van der Waals surface area contributed by atoms with Crippen molar-refractivity contribution in [3.05, 3.63) is 40.7 Å². The molecule has 0 aliphatic rings. The zero-order chi connectivity index (χ0) is 17.5. The first-order valence-corrected chi connectivity index (χ1v) is 7.80. The van der Waals surface area contributed by atoms with Crippen LogP contribution in [0, 0.1) is 0 Å². The summed E-state index contributed by atoms with van der Waals surface area (Å²) in [4.78, 5) is 13.7. The van der Waals surface area contributed by atoms with E-state index in [2.05, 4.69) is 10.2 Å². The minimum atomic E-state index is -0.214. The number of benzene rings is 1. The molecular formula is C16H20ClN3O4. The molecule has 0 aliphatic carbocycles. The highest BCUT2D eigenvalue weighted by Gasteiger charge is 2.15. The Hall–Kier alpha value is -2.25. The molecule has 2 rings (SSSR count). The van der Waals surface area contributed by atoms with Crippen molar-refractivity contribution in [2.75, 3.05) is 27.3 Å². The highest BCUT2D eigenvalue weighted by molar-refractivity contribution is 6.32. The molecule has 0 spiro atoms. The van der Waals surface area contributed by atoms with Gasteiger partial charge in [0.15, 0.2) is 5.69 Å². The van der Waals surface area contributed by atoms with Crippen LogP contribution in [-0.2, 0) is 6.61 Å². The molecule has 7 nitrogen and oxygen atoms in total. The molecule has 0 bridgehead atoms. The Morgan fingerprint density at radius 1 is 1.42 bits per heavy atom. The second-order valence-corrected chi connectivity index (χ2v) is 5.57. The van der Waals surface area contributed by atoms with Gasteiger partial charge in [0.2, 0.25) is 0 Å². The van der Waals surface area contributed by atoms with E-state index >= 15 is 0 Å². The number of aromatic nitrogens is 2. The van der Waals surface area contributed by atoms with Crippen LogP contribution in [0.25, 0.3) is 0 Å². The van der Waals surface area contributed by atoms with E-state index in [0.717, 1.165) is 0 Å². The summed E-state index contributed by atoms with van der Waals surface area (Å²) in [7, 11) is 3.23. The molecule has 1 aromatic heterocycles. The second-order valence-electron chi connectivity index (χ2n) is 5.17. The van der Waals surface area contributed by atoms with E-state index in [1.54, 1.807) is 38.4 Å². The first kappa shape index (κ1) is 18.1. The Bertz CT molecular complexity index is 690. The summed E-state index contributed by atoms with van der Waals surface area (Å²) in [6.45, 7) is 0.710. The van der Waals surface area contributed by atoms with Crippen molar-refractivity contribution in [1.82, 2.24) is 15.1 Å². The summed E-state index contributed by atoms with van der Waals surface area (Å²) in [5.41, 5.74) is 0.954. The highest BCUT2D eigenvalue weighted by Crippen LogP contribution is 2.29. The number of nitrogens with one attached hydrogen (secondary N) is 1. The van der Waals surface area contributed by atoms with Crippen molar-refractivity contribution in [2.24, 2.45) is 0 Å². The van der Waals surface area contributed by atoms with Crippen LogP contribution >= 0.6 is 11.6 Å². The van der Waals surface area contributed by atoms with Gasteiger partial charge in [-0.1, -0.05) is 11.6 Å². The van der Waals surface area contributed by atoms with Crippen molar-refractivity contribution in [1.29, 1.82) is 0 Å². The number of halogens is 1. The van der Waals surface area contributed by atoms with Crippen molar-refractivity contribution >= 4 is 17.5 Å². The quantitative estimate of drug-likeness (QED) is 0.758. The Morgan fingerprint density at radius 2 is 2.21 bits per heavy atom. The average molecular weight is 354 g/mol. The van der Waals surface area contributed by atoms with Gasteiger partial charge in [-0.05, 0) is 24.6 Å². The van der Waals surface area contributed by atoms with Gasteiger partial charge in [0.05, 0.1) is 17.8 Å². The Morgan fingerprint density at radius 3 is 2.88 bits per heavy atom. The minimum absolute atomic E-state index is 0.0416. The number of aromatic amines is 1. The minimum Gasteiger partial charge on any atom is -0.497 e. The highest BCUT2D eigenvalue weighted by atomic mass is 35.5. The summed E-state index contributed by atoms with van der Waals surface area (Å²) < 4.78 is 10.7. The standard InChI is InChI=1S/C16H20ClN3O4/c1-20(6-3-7-21)16(22)14-8-11(18-19-14)10-24-15-5-4-12(23-2)9-13(15)17/h4-5,8-9,21H,3,6-7,10H2,1-2H3,(H,18,19). The summed E-state index contributed by atoms with van der Waals surface area (Å²) in [6.07, 6.45) is 0.526. The number of H-pyrrole nitrogens is 1. The molecule has 0 fully saturated rings. The maximum atomic E-state index is 12.1. The number of hydrogen-bond acceptors (Lipinski definition) is 5. The van der Waals surface area contributed by atoms with Gasteiger partial charge < -0.3 is 19.5 Å². The van der Waals surface area contributed by atoms with Gasteiger partial charge >= 0.3 is 0 Å². The van der Waals surface area contributed by atoms with Gasteiger partial charge in [-0.3, -0.25) is 9.89 Å². The SMILES string of the molecule is COc1ccc(OCc2cc(C(=O)N(C)CCCO)n[nH]2)c(Cl)c1. The van der Waals surface area contributed by atoms with Crippen LogP contribution in [0.1, 0.15) is 22.6 Å². The lowest BCUT2D eigenvalue weighted by molar-refractivity contribution is 0.0780. The molecule has 2 N–H and O–H groups in total. The first-order chi connectivity index (χ1) is 11.5. The number of aliphatic hydroxyl groups excluding tert-OH is 1. The molecule has 1 amide bonds. The van der Waals surface area contributed by atoms with Gasteiger partial charge in [-0.2, -0.15) is 5.10 Å². The number of carbonyl (C=O) groups excluding carboxylic acids is 1. The van der Waals surface area contributed by atoms with E-state index in [1.807, 2.05) is 0 Å². The molecule has 1 aromatic carbocycles. The van der Waals surface area contributed by atoms with Crippen molar-refractivity contribution in [3.8, 4) is 11.5 Å². The molecule has 0 saturated carbocycles. The molecule has 24 heavy (non-hydrogen) atoms. The summed E-state index contributed by atoms with van der Waals surface area (Å²) >= 11 is 6.11. The molecule has 130 valence electrons. The van der Waals surface area contributed by atoms with Gasteiger partial charge in [0.25, 0.3) is 5.91 Å². The number of amides is 1. The van der Waals surface area contributed by atoms with E-state index in [9.17, 15) is 4.79 Å². The Balaban J connectivity index is 1.95. The van der Waals surface area contributed by atoms with Crippen LogP contribution in [0.2, 0.25) is 5.02 Å². The topological polar surface area (TPSA) is 87.7 Å². The maximum absolute atomic E-state index is 12.1. The fraction of sp³-hybridized carbons (Fsp3) is 0.375. The monoisotopic (exact) mass is 353 g/mol. The summed E-state index contributed by atoms with van der Waals surface area (Å²) in [5.74, 6) is 0.945.